The largest absolute Gasteiger partial charge is 0.309 e. The van der Waals surface area contributed by atoms with Gasteiger partial charge >= 0.3 is 0 Å². The zero-order valence-electron chi connectivity index (χ0n) is 23.0. The Hall–Kier alpha value is -3.92. The Labute approximate surface area is 245 Å². The summed E-state index contributed by atoms with van der Waals surface area (Å²) in [4.78, 5) is 5.04. The predicted molar refractivity (Wildman–Crippen MR) is 175 cm³/mol. The first kappa shape index (κ1) is 25.1. The number of nitrogens with zero attached hydrogens (tertiary/aromatic N) is 1. The first-order chi connectivity index (χ1) is 19.5. The molecule has 7 rings (SSSR count). The highest BCUT2D eigenvalue weighted by Gasteiger charge is 2.27. The van der Waals surface area contributed by atoms with E-state index < -0.39 is 0 Å². The average molecular weight is 554 g/mol. The molecule has 0 bridgehead atoms. The van der Waals surface area contributed by atoms with Gasteiger partial charge in [0.25, 0.3) is 0 Å². The second kappa shape index (κ2) is 9.92. The van der Waals surface area contributed by atoms with E-state index in [1.807, 2.05) is 0 Å². The van der Waals surface area contributed by atoms with Crippen molar-refractivity contribution < 1.29 is 0 Å². The smallest absolute Gasteiger partial charge is 0.0540 e. The first-order valence-electron chi connectivity index (χ1n) is 13.9. The molecule has 4 aromatic carbocycles. The summed E-state index contributed by atoms with van der Waals surface area (Å²) in [7, 11) is 0. The van der Waals surface area contributed by atoms with Crippen molar-refractivity contribution in [3.05, 3.63) is 126 Å². The van der Waals surface area contributed by atoms with E-state index in [1.165, 1.54) is 65.8 Å². The number of thiophene rings is 2. The molecule has 0 unspecified atom stereocenters. The molecule has 3 heteroatoms. The van der Waals surface area contributed by atoms with Crippen LogP contribution in [0, 0.1) is 0 Å². The number of fused-ring (bicyclic) bond motifs is 5. The van der Waals surface area contributed by atoms with Gasteiger partial charge in [-0.2, -0.15) is 0 Å². The molecule has 0 spiro atoms. The average Bonchev–Trinajstić information content (AvgIpc) is 3.72. The zero-order chi connectivity index (χ0) is 27.3. The predicted octanol–water partition coefficient (Wildman–Crippen LogP) is 11.9. The molecule has 0 fully saturated rings. The minimum absolute atomic E-state index is 0.147. The van der Waals surface area contributed by atoms with Crippen LogP contribution < -0.4 is 4.90 Å². The molecule has 0 aliphatic carbocycles. The van der Waals surface area contributed by atoms with Gasteiger partial charge in [-0.25, -0.2) is 0 Å². The summed E-state index contributed by atoms with van der Waals surface area (Å²) in [6.45, 7) is 6.92. The van der Waals surface area contributed by atoms with Gasteiger partial charge in [0.15, 0.2) is 0 Å². The first-order valence-corrected chi connectivity index (χ1v) is 15.7. The van der Waals surface area contributed by atoms with Crippen molar-refractivity contribution in [2.24, 2.45) is 0 Å². The molecule has 0 radical (unpaired) electrons. The van der Waals surface area contributed by atoms with Gasteiger partial charge in [-0.3, -0.25) is 0 Å². The van der Waals surface area contributed by atoms with E-state index in [0.29, 0.717) is 0 Å². The van der Waals surface area contributed by atoms with Gasteiger partial charge in [0.05, 0.1) is 11.4 Å². The van der Waals surface area contributed by atoms with Crippen LogP contribution in [0.3, 0.4) is 0 Å². The highest BCUT2D eigenvalue weighted by Crippen LogP contribution is 2.52. The third-order valence-corrected chi connectivity index (χ3v) is 10.2. The molecule has 40 heavy (non-hydrogen) atoms. The Morgan fingerprint density at radius 3 is 1.55 bits per heavy atom. The summed E-state index contributed by atoms with van der Waals surface area (Å²) < 4.78 is 0. The fourth-order valence-electron chi connectivity index (χ4n) is 5.71. The third-order valence-electron chi connectivity index (χ3n) is 8.38. The van der Waals surface area contributed by atoms with E-state index in [-0.39, 0.29) is 5.41 Å². The number of anilines is 3. The second-order valence-corrected chi connectivity index (χ2v) is 13.0. The van der Waals surface area contributed by atoms with E-state index in [1.54, 1.807) is 22.7 Å². The molecular weight excluding hydrogens is 523 g/mol. The van der Waals surface area contributed by atoms with Crippen LogP contribution >= 0.6 is 22.7 Å². The summed E-state index contributed by atoms with van der Waals surface area (Å²) in [5, 5.41) is 4.31. The third kappa shape index (κ3) is 4.21. The highest BCUT2D eigenvalue weighted by atomic mass is 32.1. The lowest BCUT2D eigenvalue weighted by atomic mass is 9.82. The van der Waals surface area contributed by atoms with Crippen LogP contribution in [0.4, 0.5) is 17.1 Å². The van der Waals surface area contributed by atoms with Crippen molar-refractivity contribution in [3.63, 3.8) is 0 Å². The van der Waals surface area contributed by atoms with Crippen LogP contribution in [-0.2, 0) is 5.41 Å². The molecule has 196 valence electrons. The van der Waals surface area contributed by atoms with E-state index >= 15 is 0 Å². The van der Waals surface area contributed by atoms with Crippen molar-refractivity contribution in [2.75, 3.05) is 4.90 Å². The van der Waals surface area contributed by atoms with Crippen molar-refractivity contribution in [2.45, 2.75) is 32.6 Å². The minimum atomic E-state index is 0.147. The van der Waals surface area contributed by atoms with E-state index in [2.05, 4.69) is 146 Å². The Morgan fingerprint density at radius 2 is 1.10 bits per heavy atom. The van der Waals surface area contributed by atoms with Crippen LogP contribution in [0.25, 0.3) is 43.1 Å². The molecule has 0 N–H and O–H groups in total. The Kier molecular flexibility index (Phi) is 6.22. The zero-order valence-corrected chi connectivity index (χ0v) is 24.7. The van der Waals surface area contributed by atoms with Gasteiger partial charge in [-0.1, -0.05) is 81.4 Å². The molecule has 1 nitrogen and oxygen atoms in total. The molecule has 0 saturated carbocycles. The molecule has 0 atom stereocenters. The summed E-state index contributed by atoms with van der Waals surface area (Å²) in [5.41, 5.74) is 12.7. The fraction of sp³-hybridized carbons (Fsp3) is 0.135. The lowest BCUT2D eigenvalue weighted by Gasteiger charge is -2.29. The number of hydrogen-bond acceptors (Lipinski definition) is 3. The van der Waals surface area contributed by atoms with Gasteiger partial charge in [0, 0.05) is 26.6 Å². The topological polar surface area (TPSA) is 3.24 Å². The van der Waals surface area contributed by atoms with E-state index in [4.69, 9.17) is 0 Å². The quantitative estimate of drug-likeness (QED) is 0.205. The lowest BCUT2D eigenvalue weighted by Crippen LogP contribution is -2.16. The number of benzene rings is 4. The van der Waals surface area contributed by atoms with Crippen molar-refractivity contribution >= 4 is 39.7 Å². The minimum Gasteiger partial charge on any atom is -0.309 e. The molecule has 0 amide bonds. The van der Waals surface area contributed by atoms with Crippen LogP contribution in [0.15, 0.2) is 120 Å². The van der Waals surface area contributed by atoms with Crippen LogP contribution in [0.2, 0.25) is 0 Å². The molecule has 1 aliphatic rings. The maximum atomic E-state index is 2.46. The van der Waals surface area contributed by atoms with Crippen LogP contribution in [0.1, 0.15) is 32.8 Å². The monoisotopic (exact) mass is 553 g/mol. The maximum absolute atomic E-state index is 2.46. The number of rotatable bonds is 5. The molecule has 1 aliphatic heterocycles. The highest BCUT2D eigenvalue weighted by molar-refractivity contribution is 7.13. The van der Waals surface area contributed by atoms with Crippen molar-refractivity contribution in [1.29, 1.82) is 0 Å². The second-order valence-electron chi connectivity index (χ2n) is 11.1. The van der Waals surface area contributed by atoms with Crippen molar-refractivity contribution in [1.82, 2.24) is 0 Å². The van der Waals surface area contributed by atoms with Crippen LogP contribution in [-0.4, -0.2) is 0 Å². The summed E-state index contributed by atoms with van der Waals surface area (Å²) >= 11 is 3.58. The molecule has 6 aromatic rings. The Bertz CT molecular complexity index is 1690. The SMILES string of the molecule is CCC(C)(C)c1ccc(N2c3ccc(-c4cccs4)cc3-c3ccccc3-c3cc(-c4cccs4)ccc32)cc1. The van der Waals surface area contributed by atoms with Gasteiger partial charge in [-0.05, 0) is 98.9 Å². The van der Waals surface area contributed by atoms with E-state index in [0.717, 1.165) is 6.42 Å². The van der Waals surface area contributed by atoms with Gasteiger partial charge in [-0.15, -0.1) is 22.7 Å². The normalized spacial score (nSPS) is 12.4. The molecule has 3 heterocycles. The van der Waals surface area contributed by atoms with E-state index in [9.17, 15) is 0 Å². The molecule has 0 saturated heterocycles. The number of hydrogen-bond donors (Lipinski definition) is 0. The van der Waals surface area contributed by atoms with Gasteiger partial charge in [0.2, 0.25) is 0 Å². The molecular formula is C37H31NS2. The fourth-order valence-corrected chi connectivity index (χ4v) is 7.16. The maximum Gasteiger partial charge on any atom is 0.0540 e. The van der Waals surface area contributed by atoms with Crippen LogP contribution in [0.5, 0.6) is 0 Å². The van der Waals surface area contributed by atoms with Crippen molar-refractivity contribution in [3.8, 4) is 43.1 Å². The van der Waals surface area contributed by atoms with Gasteiger partial charge in [0.1, 0.15) is 0 Å². The summed E-state index contributed by atoms with van der Waals surface area (Å²) in [5.74, 6) is 0. The molecule has 2 aromatic heterocycles. The summed E-state index contributed by atoms with van der Waals surface area (Å²) in [6, 6.07) is 40.8. The van der Waals surface area contributed by atoms with Gasteiger partial charge < -0.3 is 4.90 Å². The lowest BCUT2D eigenvalue weighted by molar-refractivity contribution is 0.506. The Morgan fingerprint density at radius 1 is 0.575 bits per heavy atom. The Balaban J connectivity index is 1.50. The standard InChI is InChI=1S/C37H31NS2/c1-4-37(2,3)27-15-17-28(18-16-27)38-33-19-13-25(35-11-7-21-39-35)23-31(33)29-9-5-6-10-30(29)32-24-26(14-20-34(32)38)36-12-8-22-40-36/h5-24H,4H2,1-3H3. The summed E-state index contributed by atoms with van der Waals surface area (Å²) in [6.07, 6.45) is 1.11.